The maximum absolute atomic E-state index is 7.65. The Morgan fingerprint density at radius 2 is 1.23 bits per heavy atom. The molecule has 3 aliphatic heterocycles. The average molecular weight is 793 g/mol. The second kappa shape index (κ2) is 12.1. The number of benzene rings is 7. The van der Waals surface area contributed by atoms with Gasteiger partial charge in [0.05, 0.1) is 17.1 Å². The molecule has 0 fully saturated rings. The zero-order valence-corrected chi connectivity index (χ0v) is 37.0. The van der Waals surface area contributed by atoms with Crippen LogP contribution in [0.5, 0.6) is 0 Å². The molecule has 0 N–H and O–H groups in total. The normalized spacial score (nSPS) is 17.4. The number of anilines is 5. The van der Waals surface area contributed by atoms with Crippen LogP contribution < -0.4 is 20.8 Å². The highest BCUT2D eigenvalue weighted by atomic mass is 16.3. The monoisotopic (exact) mass is 792 g/mol. The van der Waals surface area contributed by atoms with Crippen LogP contribution in [0.4, 0.5) is 28.4 Å². The molecule has 0 spiro atoms. The van der Waals surface area contributed by atoms with E-state index < -0.39 is 0 Å². The Labute approximate surface area is 361 Å². The minimum absolute atomic E-state index is 0.0279. The third-order valence-electron chi connectivity index (χ3n) is 15.2. The van der Waals surface area contributed by atoms with Gasteiger partial charge in [-0.25, -0.2) is 0 Å². The quantitative estimate of drug-likeness (QED) is 0.163. The summed E-state index contributed by atoms with van der Waals surface area (Å²) in [4.78, 5) is 5.30. The summed E-state index contributed by atoms with van der Waals surface area (Å²) in [7, 11) is 0. The predicted octanol–water partition coefficient (Wildman–Crippen LogP) is 14.2. The van der Waals surface area contributed by atoms with Gasteiger partial charge in [0.1, 0.15) is 11.2 Å². The lowest BCUT2D eigenvalue weighted by Crippen LogP contribution is -2.62. The molecule has 0 unspecified atom stereocenters. The molecule has 1 aliphatic carbocycles. The smallest absolute Gasteiger partial charge is 0.375 e. The number of para-hydroxylation sites is 2. The van der Waals surface area contributed by atoms with Crippen molar-refractivity contribution in [3.05, 3.63) is 161 Å². The summed E-state index contributed by atoms with van der Waals surface area (Å²) in [6, 6.07) is 50.9. The van der Waals surface area contributed by atoms with Crippen LogP contribution in [0.2, 0.25) is 0 Å². The number of hydrogen-bond acceptors (Lipinski definition) is 3. The highest BCUT2D eigenvalue weighted by Gasteiger charge is 2.53. The number of rotatable bonds is 2. The molecule has 4 heterocycles. The van der Waals surface area contributed by atoms with Crippen LogP contribution in [-0.4, -0.2) is 6.85 Å². The van der Waals surface area contributed by atoms with Crippen LogP contribution in [0.25, 0.3) is 44.0 Å². The van der Waals surface area contributed by atoms with Gasteiger partial charge in [0, 0.05) is 38.7 Å². The van der Waals surface area contributed by atoms with Gasteiger partial charge in [0.15, 0.2) is 0 Å². The van der Waals surface area contributed by atoms with Gasteiger partial charge in [-0.2, -0.15) is 0 Å². The largest absolute Gasteiger partial charge is 0.466 e. The van der Waals surface area contributed by atoms with Crippen molar-refractivity contribution in [3.8, 4) is 22.3 Å². The third-order valence-corrected chi connectivity index (χ3v) is 15.2. The molecule has 12 rings (SSSR count). The molecule has 0 radical (unpaired) electrons. The molecule has 1 aromatic heterocycles. The van der Waals surface area contributed by atoms with Crippen molar-refractivity contribution >= 4 is 68.1 Å². The second-order valence-electron chi connectivity index (χ2n) is 21.2. The molecule has 8 aromatic rings. The third kappa shape index (κ3) is 4.94. The average Bonchev–Trinajstić information content (AvgIpc) is 3.63. The highest BCUT2D eigenvalue weighted by Crippen LogP contribution is 2.58. The maximum Gasteiger partial charge on any atom is 0.375 e. The Bertz CT molecular complexity index is 3180. The van der Waals surface area contributed by atoms with Crippen molar-refractivity contribution in [3.63, 3.8) is 0 Å². The topological polar surface area (TPSA) is 19.6 Å². The fraction of sp³-hybridized carbons (Fsp3) is 0.263. The van der Waals surface area contributed by atoms with Gasteiger partial charge in [0.2, 0.25) is 0 Å². The van der Waals surface area contributed by atoms with E-state index in [1.54, 1.807) is 0 Å². The van der Waals surface area contributed by atoms with E-state index in [-0.39, 0.29) is 28.5 Å². The molecule has 61 heavy (non-hydrogen) atoms. The minimum Gasteiger partial charge on any atom is -0.466 e. The molecule has 0 atom stereocenters. The fourth-order valence-electron chi connectivity index (χ4n) is 11.7. The van der Waals surface area contributed by atoms with Gasteiger partial charge in [-0.1, -0.05) is 159 Å². The van der Waals surface area contributed by atoms with Crippen LogP contribution in [0.15, 0.2) is 138 Å². The lowest BCUT2D eigenvalue weighted by Gasteiger charge is -2.50. The van der Waals surface area contributed by atoms with Crippen molar-refractivity contribution in [1.29, 1.82) is 0 Å². The molecule has 7 aromatic carbocycles. The van der Waals surface area contributed by atoms with Crippen molar-refractivity contribution in [1.82, 2.24) is 0 Å². The molecule has 3 nitrogen and oxygen atoms in total. The first-order chi connectivity index (χ1) is 29.1. The van der Waals surface area contributed by atoms with Crippen LogP contribution in [0.3, 0.4) is 0 Å². The Balaban J connectivity index is 1.29. The molecule has 0 bridgehead atoms. The van der Waals surface area contributed by atoms with Crippen LogP contribution in [0.1, 0.15) is 103 Å². The maximum atomic E-state index is 7.65. The van der Waals surface area contributed by atoms with E-state index in [1.165, 1.54) is 88.8 Å². The number of nitrogens with zero attached hydrogens (tertiary/aromatic N) is 2. The molecule has 4 heteroatoms. The number of fused-ring (bicyclic) bond motifs is 11. The Morgan fingerprint density at radius 3 is 2.00 bits per heavy atom. The molecular formula is C57H53BN2O. The first-order valence-corrected chi connectivity index (χ1v) is 22.3. The molecular weight excluding hydrogens is 739 g/mol. The van der Waals surface area contributed by atoms with Gasteiger partial charge in [-0.05, 0) is 115 Å². The van der Waals surface area contributed by atoms with E-state index in [1.807, 2.05) is 0 Å². The molecule has 0 saturated carbocycles. The lowest BCUT2D eigenvalue weighted by atomic mass is 9.44. The van der Waals surface area contributed by atoms with Crippen molar-refractivity contribution in [2.75, 3.05) is 9.71 Å². The first kappa shape index (κ1) is 36.8. The summed E-state index contributed by atoms with van der Waals surface area (Å²) >= 11 is 0. The minimum atomic E-state index is -0.203. The first-order valence-electron chi connectivity index (χ1n) is 22.3. The standard InChI is InChI=1S/C57H53BN2O/c1-54(2,3)36-26-27-46(39(31-36)34-18-11-10-12-19-34)59-51-37-21-14-13-20-35(37)30-40-38-22-17-24-43-50(38)60(47-25-16-15-23-42(47)57(43,8)9)58(49(40)51)53-52(59)41-32-44-45(33-48(41)61-53)56(6,7)29-28-55(44,4)5/h10-27,30-33H,28-29H2,1-9H3. The highest BCUT2D eigenvalue weighted by molar-refractivity contribution is 6.93. The number of furan rings is 1. The Morgan fingerprint density at radius 1 is 0.541 bits per heavy atom. The summed E-state index contributed by atoms with van der Waals surface area (Å²) in [6.07, 6.45) is 2.29. The van der Waals surface area contributed by atoms with E-state index in [4.69, 9.17) is 4.42 Å². The Kier molecular flexibility index (Phi) is 7.30. The van der Waals surface area contributed by atoms with Crippen molar-refractivity contribution < 1.29 is 4.42 Å². The molecule has 0 amide bonds. The summed E-state index contributed by atoms with van der Waals surface area (Å²) < 4.78 is 7.65. The summed E-state index contributed by atoms with van der Waals surface area (Å²) in [5, 5.41) is 3.67. The van der Waals surface area contributed by atoms with Crippen molar-refractivity contribution in [2.45, 2.75) is 96.8 Å². The van der Waals surface area contributed by atoms with Crippen LogP contribution >= 0.6 is 0 Å². The van der Waals surface area contributed by atoms with E-state index in [0.717, 1.165) is 35.5 Å². The molecule has 4 aliphatic rings. The van der Waals surface area contributed by atoms with E-state index in [0.29, 0.717) is 0 Å². The zero-order chi connectivity index (χ0) is 42.0. The van der Waals surface area contributed by atoms with E-state index >= 15 is 0 Å². The summed E-state index contributed by atoms with van der Waals surface area (Å²) in [5.74, 6) is 0. The Hall–Kier alpha value is -6.00. The molecule has 300 valence electrons. The predicted molar refractivity (Wildman–Crippen MR) is 259 cm³/mol. The lowest BCUT2D eigenvalue weighted by molar-refractivity contribution is 0.332. The van der Waals surface area contributed by atoms with Gasteiger partial charge in [-0.3, -0.25) is 0 Å². The second-order valence-corrected chi connectivity index (χ2v) is 21.2. The van der Waals surface area contributed by atoms with E-state index in [2.05, 4.69) is 205 Å². The van der Waals surface area contributed by atoms with Crippen LogP contribution in [-0.2, 0) is 21.7 Å². The number of hydrogen-bond donors (Lipinski definition) is 0. The SMILES string of the molecule is CC(C)(C)c1ccc(N2c3c4c(cc5ccccc35)-c3cccc5c3N(B4c3oc4cc6c(cc4c32)C(C)(C)CCC6(C)C)c2ccccc2C5(C)C)c(-c2ccccc2)c1. The summed E-state index contributed by atoms with van der Waals surface area (Å²) in [6.45, 7) is 21.3. The van der Waals surface area contributed by atoms with Gasteiger partial charge >= 0.3 is 6.85 Å². The van der Waals surface area contributed by atoms with Gasteiger partial charge < -0.3 is 14.1 Å². The fourth-order valence-corrected chi connectivity index (χ4v) is 11.7. The van der Waals surface area contributed by atoms with Gasteiger partial charge in [0.25, 0.3) is 0 Å². The van der Waals surface area contributed by atoms with Gasteiger partial charge in [-0.15, -0.1) is 0 Å². The van der Waals surface area contributed by atoms with Crippen molar-refractivity contribution in [2.24, 2.45) is 0 Å². The van der Waals surface area contributed by atoms with E-state index in [9.17, 15) is 0 Å². The molecule has 0 saturated heterocycles. The van der Waals surface area contributed by atoms with Crippen LogP contribution in [0, 0.1) is 0 Å². The summed E-state index contributed by atoms with van der Waals surface area (Å²) in [5.41, 5.74) is 21.1. The zero-order valence-electron chi connectivity index (χ0n) is 37.0.